The highest BCUT2D eigenvalue weighted by molar-refractivity contribution is 14.1. The summed E-state index contributed by atoms with van der Waals surface area (Å²) in [6.45, 7) is -0.274. The Hall–Kier alpha value is -2.04. The molecular formula is C19H30IN5O7. The van der Waals surface area contributed by atoms with E-state index >= 15 is 0 Å². The quantitative estimate of drug-likeness (QED) is 0.0817. The van der Waals surface area contributed by atoms with E-state index in [4.69, 9.17) is 10.2 Å². The van der Waals surface area contributed by atoms with Crippen molar-refractivity contribution in [2.24, 2.45) is 0 Å². The molecule has 180 valence electrons. The first kappa shape index (κ1) is 28.0. The first-order valence-corrected chi connectivity index (χ1v) is 10.8. The summed E-state index contributed by atoms with van der Waals surface area (Å²) >= 11 is 2.13. The fourth-order valence-corrected chi connectivity index (χ4v) is 2.73. The lowest BCUT2D eigenvalue weighted by Crippen LogP contribution is -2.35. The van der Waals surface area contributed by atoms with Crippen molar-refractivity contribution in [1.29, 1.82) is 0 Å². The minimum absolute atomic E-state index is 0.0346. The van der Waals surface area contributed by atoms with Crippen LogP contribution in [0, 0.1) is 0 Å². The van der Waals surface area contributed by atoms with Gasteiger partial charge in [-0.3, -0.25) is 12.7 Å². The topological polar surface area (TPSA) is 183 Å². The Morgan fingerprint density at radius 3 is 1.88 bits per heavy atom. The highest BCUT2D eigenvalue weighted by Crippen LogP contribution is 2.16. The number of halogens is 1. The van der Waals surface area contributed by atoms with Gasteiger partial charge in [0.25, 0.3) is 11.8 Å². The molecule has 0 radical (unpaired) electrons. The fraction of sp³-hybridized carbons (Fsp3) is 0.526. The molecule has 0 saturated carbocycles. The third-order valence-electron chi connectivity index (χ3n) is 4.06. The van der Waals surface area contributed by atoms with E-state index < -0.39 is 43.3 Å². The minimum Gasteiger partial charge on any atom is -0.394 e. The normalized spacial score (nSPS) is 12.7. The van der Waals surface area contributed by atoms with E-state index in [9.17, 15) is 24.6 Å². The molecule has 0 aliphatic heterocycles. The molecule has 1 rings (SSSR count). The van der Waals surface area contributed by atoms with Crippen LogP contribution >= 0.6 is 22.9 Å². The molecular weight excluding hydrogens is 537 g/mol. The molecule has 0 aromatic heterocycles. The van der Waals surface area contributed by atoms with Crippen LogP contribution in [-0.2, 0) is 0 Å². The summed E-state index contributed by atoms with van der Waals surface area (Å²) < 4.78 is 1.95. The van der Waals surface area contributed by atoms with Crippen LogP contribution in [0.25, 0.3) is 0 Å². The zero-order valence-electron chi connectivity index (χ0n) is 17.7. The van der Waals surface area contributed by atoms with Crippen molar-refractivity contribution in [2.75, 3.05) is 51.8 Å². The zero-order valence-corrected chi connectivity index (χ0v) is 19.8. The number of nitrogens with zero attached hydrogens (tertiary/aromatic N) is 1. The molecule has 1 aromatic rings. The van der Waals surface area contributed by atoms with Crippen molar-refractivity contribution in [3.05, 3.63) is 29.3 Å². The highest BCUT2D eigenvalue weighted by atomic mass is 127. The average Bonchev–Trinajstić information content (AvgIpc) is 2.77. The first-order chi connectivity index (χ1) is 15.2. The Kier molecular flexibility index (Phi) is 13.0. The van der Waals surface area contributed by atoms with E-state index in [-0.39, 0.29) is 29.9 Å². The Balaban J connectivity index is 2.94. The molecule has 8 N–H and O–H groups in total. The van der Waals surface area contributed by atoms with Gasteiger partial charge in [0.1, 0.15) is 0 Å². The highest BCUT2D eigenvalue weighted by Gasteiger charge is 2.16. The number of carbonyl (C=O) groups is 3. The molecule has 0 saturated heterocycles. The second kappa shape index (κ2) is 14.9. The van der Waals surface area contributed by atoms with Crippen LogP contribution in [0.5, 0.6) is 0 Å². The maximum atomic E-state index is 12.4. The number of carbonyl (C=O) groups excluding carboxylic acids is 3. The number of urea groups is 1. The summed E-state index contributed by atoms with van der Waals surface area (Å²) in [6.07, 6.45) is -1.56. The van der Waals surface area contributed by atoms with E-state index in [1.807, 2.05) is 10.2 Å². The van der Waals surface area contributed by atoms with E-state index in [1.165, 1.54) is 18.2 Å². The molecule has 12 nitrogen and oxygen atoms in total. The van der Waals surface area contributed by atoms with Gasteiger partial charge in [-0.05, 0) is 31.7 Å². The Morgan fingerprint density at radius 2 is 1.44 bits per heavy atom. The molecule has 0 bridgehead atoms. The number of hydrogen-bond acceptors (Lipinski definition) is 8. The summed E-state index contributed by atoms with van der Waals surface area (Å²) in [5.74, 6) is -1.26. The third-order valence-corrected chi connectivity index (χ3v) is 4.54. The summed E-state index contributed by atoms with van der Waals surface area (Å²) in [5.41, 5.74) is 0.247. The molecule has 2 unspecified atom stereocenters. The van der Waals surface area contributed by atoms with Crippen molar-refractivity contribution in [3.63, 3.8) is 0 Å². The molecule has 1 aromatic carbocycles. The molecule has 13 heteroatoms. The standard InChI is InChI=1S/C19H30IN5O7/c1-25(20)4-2-3-21-19(32)24-14-6-12(17(30)22-8-15(28)10-26)5-13(7-14)18(31)23-9-16(29)11-27/h5-7,15-16,26-29H,2-4,8-11H2,1H3,(H,22,30)(H,23,31)(H2,21,24,32). The van der Waals surface area contributed by atoms with Crippen molar-refractivity contribution in [2.45, 2.75) is 18.6 Å². The molecule has 4 amide bonds. The van der Waals surface area contributed by atoms with E-state index in [0.717, 1.165) is 13.0 Å². The van der Waals surface area contributed by atoms with Gasteiger partial charge in [0, 0.05) is 65.9 Å². The average molecular weight is 567 g/mol. The van der Waals surface area contributed by atoms with Crippen LogP contribution in [0.4, 0.5) is 10.5 Å². The largest absolute Gasteiger partial charge is 0.394 e. The number of aliphatic hydroxyl groups is 4. The molecule has 0 fully saturated rings. The number of amides is 4. The Bertz CT molecular complexity index is 721. The Morgan fingerprint density at radius 1 is 0.938 bits per heavy atom. The minimum atomic E-state index is -1.14. The van der Waals surface area contributed by atoms with Crippen molar-refractivity contribution in [3.8, 4) is 0 Å². The molecule has 0 spiro atoms. The van der Waals surface area contributed by atoms with Gasteiger partial charge in [-0.15, -0.1) is 0 Å². The van der Waals surface area contributed by atoms with Crippen molar-refractivity contribution in [1.82, 2.24) is 19.1 Å². The van der Waals surface area contributed by atoms with E-state index in [2.05, 4.69) is 44.1 Å². The number of rotatable bonds is 13. The van der Waals surface area contributed by atoms with Crippen molar-refractivity contribution < 1.29 is 34.8 Å². The van der Waals surface area contributed by atoms with Gasteiger partial charge in [-0.1, -0.05) is 0 Å². The van der Waals surface area contributed by atoms with Gasteiger partial charge in [0.2, 0.25) is 0 Å². The Labute approximate surface area is 199 Å². The van der Waals surface area contributed by atoms with Crippen molar-refractivity contribution >= 4 is 46.4 Å². The summed E-state index contributed by atoms with van der Waals surface area (Å²) in [7, 11) is 1.91. The monoisotopic (exact) mass is 567 g/mol. The maximum absolute atomic E-state index is 12.4. The molecule has 0 aliphatic rings. The lowest BCUT2D eigenvalue weighted by atomic mass is 10.1. The van der Waals surface area contributed by atoms with Crippen LogP contribution < -0.4 is 21.3 Å². The summed E-state index contributed by atoms with van der Waals surface area (Å²) in [4.78, 5) is 37.0. The number of nitrogens with one attached hydrogen (secondary N) is 4. The smallest absolute Gasteiger partial charge is 0.319 e. The molecule has 32 heavy (non-hydrogen) atoms. The number of aliphatic hydroxyl groups excluding tert-OH is 4. The first-order valence-electron chi connectivity index (χ1n) is 9.87. The predicted molar refractivity (Wildman–Crippen MR) is 126 cm³/mol. The third kappa shape index (κ3) is 11.0. The lowest BCUT2D eigenvalue weighted by molar-refractivity contribution is 0.0800. The lowest BCUT2D eigenvalue weighted by Gasteiger charge is -2.14. The van der Waals surface area contributed by atoms with E-state index in [1.54, 1.807) is 0 Å². The predicted octanol–water partition coefficient (Wildman–Crippen LogP) is -1.35. The van der Waals surface area contributed by atoms with Crippen LogP contribution in [0.2, 0.25) is 0 Å². The van der Waals surface area contributed by atoms with Gasteiger partial charge >= 0.3 is 6.03 Å². The number of anilines is 1. The second-order valence-corrected chi connectivity index (χ2v) is 8.60. The van der Waals surface area contributed by atoms with E-state index in [0.29, 0.717) is 6.54 Å². The van der Waals surface area contributed by atoms with Crippen LogP contribution in [0.1, 0.15) is 27.1 Å². The molecule has 0 heterocycles. The number of hydrogen-bond donors (Lipinski definition) is 8. The summed E-state index contributed by atoms with van der Waals surface area (Å²) in [6, 6.07) is 3.48. The summed E-state index contributed by atoms with van der Waals surface area (Å²) in [5, 5.41) is 46.7. The number of benzene rings is 1. The zero-order chi connectivity index (χ0) is 24.1. The van der Waals surface area contributed by atoms with Gasteiger partial charge in [0.05, 0.1) is 25.4 Å². The second-order valence-electron chi connectivity index (χ2n) is 6.95. The van der Waals surface area contributed by atoms with Gasteiger partial charge in [-0.25, -0.2) is 4.79 Å². The molecule has 2 atom stereocenters. The van der Waals surface area contributed by atoms with Crippen LogP contribution in [0.3, 0.4) is 0 Å². The van der Waals surface area contributed by atoms with Gasteiger partial charge in [-0.2, -0.15) is 0 Å². The van der Waals surface area contributed by atoms with Gasteiger partial charge < -0.3 is 41.7 Å². The van der Waals surface area contributed by atoms with Crippen LogP contribution in [0.15, 0.2) is 18.2 Å². The maximum Gasteiger partial charge on any atom is 0.319 e. The molecule has 0 aliphatic carbocycles. The van der Waals surface area contributed by atoms with Crippen LogP contribution in [-0.4, -0.2) is 100 Å². The SMILES string of the molecule is CN(I)CCCNC(=O)Nc1cc(C(=O)NCC(O)CO)cc(C(=O)NCC(O)CO)c1. The fourth-order valence-electron chi connectivity index (χ4n) is 2.39. The van der Waals surface area contributed by atoms with Gasteiger partial charge in [0.15, 0.2) is 0 Å².